The molecule has 0 bridgehead atoms. The van der Waals surface area contributed by atoms with Crippen LogP contribution in [0.5, 0.6) is 0 Å². The van der Waals surface area contributed by atoms with Crippen molar-refractivity contribution in [3.05, 3.63) is 83.4 Å². The van der Waals surface area contributed by atoms with Gasteiger partial charge in [0.2, 0.25) is 0 Å². The lowest BCUT2D eigenvalue weighted by atomic mass is 9.77. The lowest BCUT2D eigenvalue weighted by Crippen LogP contribution is -2.13. The molecule has 0 saturated heterocycles. The number of rotatable bonds is 8. The molecule has 152 valence electrons. The van der Waals surface area contributed by atoms with E-state index in [4.69, 9.17) is 0 Å². The molecule has 0 spiro atoms. The molecule has 1 fully saturated rings. The Morgan fingerprint density at radius 3 is 2.07 bits per heavy atom. The van der Waals surface area contributed by atoms with Crippen LogP contribution in [0.4, 0.5) is 0 Å². The number of allylic oxidation sites excluding steroid dienone is 1. The molecule has 0 atom stereocenters. The fraction of sp³-hybridized carbons (Fsp3) is 0.448. The standard InChI is InChI=1S/C29H36/c1-3-5-7-9-25-10-12-26(13-11-25)14-15-27-18-22-29(23-19-27)28-20-16-24(17-21-28)8-6-4-2/h4,10-13,18-19,22-24,28H,2-3,5-9,16-17,20-21H2,1H3/t24-,28-. The average Bonchev–Trinajstić information content (AvgIpc) is 2.78. The third-order valence-electron chi connectivity index (χ3n) is 6.38. The summed E-state index contributed by atoms with van der Waals surface area (Å²) >= 11 is 0. The molecule has 2 aromatic carbocycles. The van der Waals surface area contributed by atoms with E-state index in [1.165, 1.54) is 75.3 Å². The van der Waals surface area contributed by atoms with E-state index in [1.54, 1.807) is 0 Å². The topological polar surface area (TPSA) is 0 Å². The summed E-state index contributed by atoms with van der Waals surface area (Å²) < 4.78 is 0. The molecule has 2 aromatic rings. The van der Waals surface area contributed by atoms with Crippen LogP contribution in [0.2, 0.25) is 0 Å². The molecule has 1 saturated carbocycles. The first-order valence-corrected chi connectivity index (χ1v) is 11.6. The first kappa shape index (κ1) is 21.4. The fourth-order valence-corrected chi connectivity index (χ4v) is 4.45. The highest BCUT2D eigenvalue weighted by atomic mass is 14.3. The maximum Gasteiger partial charge on any atom is 0.0249 e. The summed E-state index contributed by atoms with van der Waals surface area (Å²) in [6.45, 7) is 6.11. The molecule has 0 amide bonds. The van der Waals surface area contributed by atoms with Crippen LogP contribution in [0.25, 0.3) is 0 Å². The number of unbranched alkanes of at least 4 members (excludes halogenated alkanes) is 2. The summed E-state index contributed by atoms with van der Waals surface area (Å²) in [5, 5.41) is 0. The highest BCUT2D eigenvalue weighted by Crippen LogP contribution is 2.37. The third kappa shape index (κ3) is 6.93. The Balaban J connectivity index is 1.52. The Hall–Kier alpha value is -2.26. The van der Waals surface area contributed by atoms with Crippen LogP contribution in [0.1, 0.15) is 92.9 Å². The van der Waals surface area contributed by atoms with Gasteiger partial charge in [-0.05, 0) is 98.6 Å². The third-order valence-corrected chi connectivity index (χ3v) is 6.38. The molecular weight excluding hydrogens is 348 g/mol. The summed E-state index contributed by atoms with van der Waals surface area (Å²) in [5.74, 6) is 8.30. The minimum Gasteiger partial charge on any atom is -0.103 e. The van der Waals surface area contributed by atoms with E-state index in [0.29, 0.717) is 0 Å². The van der Waals surface area contributed by atoms with Crippen LogP contribution >= 0.6 is 0 Å². The largest absolute Gasteiger partial charge is 0.103 e. The van der Waals surface area contributed by atoms with Crippen molar-refractivity contribution in [2.75, 3.05) is 0 Å². The lowest BCUT2D eigenvalue weighted by Gasteiger charge is -2.28. The molecule has 1 aliphatic rings. The van der Waals surface area contributed by atoms with E-state index < -0.39 is 0 Å². The Labute approximate surface area is 178 Å². The summed E-state index contributed by atoms with van der Waals surface area (Å²) in [4.78, 5) is 0. The minimum absolute atomic E-state index is 0.734. The predicted molar refractivity (Wildman–Crippen MR) is 126 cm³/mol. The van der Waals surface area contributed by atoms with Crippen molar-refractivity contribution in [1.82, 2.24) is 0 Å². The zero-order valence-corrected chi connectivity index (χ0v) is 18.1. The molecule has 3 rings (SSSR count). The number of benzene rings is 2. The second-order valence-corrected chi connectivity index (χ2v) is 8.61. The highest BCUT2D eigenvalue weighted by molar-refractivity contribution is 5.44. The van der Waals surface area contributed by atoms with Crippen molar-refractivity contribution in [3.63, 3.8) is 0 Å². The van der Waals surface area contributed by atoms with E-state index >= 15 is 0 Å². The zero-order valence-electron chi connectivity index (χ0n) is 18.1. The highest BCUT2D eigenvalue weighted by Gasteiger charge is 2.21. The summed E-state index contributed by atoms with van der Waals surface area (Å²) in [6.07, 6.45) is 15.0. The second kappa shape index (κ2) is 11.7. The molecule has 0 nitrogen and oxygen atoms in total. The van der Waals surface area contributed by atoms with Crippen molar-refractivity contribution >= 4 is 0 Å². The first-order chi connectivity index (χ1) is 14.3. The van der Waals surface area contributed by atoms with Gasteiger partial charge in [-0.15, -0.1) is 6.58 Å². The first-order valence-electron chi connectivity index (χ1n) is 11.6. The molecule has 0 heterocycles. The van der Waals surface area contributed by atoms with Crippen molar-refractivity contribution in [2.24, 2.45) is 5.92 Å². The summed E-state index contributed by atoms with van der Waals surface area (Å²) in [6, 6.07) is 17.8. The van der Waals surface area contributed by atoms with Crippen LogP contribution < -0.4 is 0 Å². The SMILES string of the molecule is C=CCC[C@H]1CC[C@H](c2ccc(C#Cc3ccc(CCCCC)cc3)cc2)CC1. The second-order valence-electron chi connectivity index (χ2n) is 8.61. The molecular formula is C29H36. The van der Waals surface area contributed by atoms with Gasteiger partial charge in [0.15, 0.2) is 0 Å². The predicted octanol–water partition coefficient (Wildman–Crippen LogP) is 8.06. The van der Waals surface area contributed by atoms with E-state index in [0.717, 1.165) is 23.0 Å². The monoisotopic (exact) mass is 384 g/mol. The molecule has 0 unspecified atom stereocenters. The minimum atomic E-state index is 0.734. The van der Waals surface area contributed by atoms with Gasteiger partial charge in [-0.1, -0.05) is 61.9 Å². The number of hydrogen-bond acceptors (Lipinski definition) is 0. The van der Waals surface area contributed by atoms with Crippen LogP contribution in [0.15, 0.2) is 61.2 Å². The molecule has 0 N–H and O–H groups in total. The maximum absolute atomic E-state index is 3.86. The van der Waals surface area contributed by atoms with E-state index in [9.17, 15) is 0 Å². The van der Waals surface area contributed by atoms with Crippen LogP contribution in [-0.2, 0) is 6.42 Å². The van der Waals surface area contributed by atoms with Gasteiger partial charge in [-0.3, -0.25) is 0 Å². The van der Waals surface area contributed by atoms with Gasteiger partial charge in [0, 0.05) is 11.1 Å². The van der Waals surface area contributed by atoms with Crippen molar-refractivity contribution in [2.45, 2.75) is 77.0 Å². The average molecular weight is 385 g/mol. The van der Waals surface area contributed by atoms with Crippen molar-refractivity contribution in [1.29, 1.82) is 0 Å². The molecule has 0 heteroatoms. The Kier molecular flexibility index (Phi) is 8.63. The number of hydrogen-bond donors (Lipinski definition) is 0. The van der Waals surface area contributed by atoms with E-state index in [-0.39, 0.29) is 0 Å². The van der Waals surface area contributed by atoms with Gasteiger partial charge in [-0.2, -0.15) is 0 Å². The van der Waals surface area contributed by atoms with Gasteiger partial charge in [-0.25, -0.2) is 0 Å². The smallest absolute Gasteiger partial charge is 0.0249 e. The molecule has 0 radical (unpaired) electrons. The summed E-state index contributed by atoms with van der Waals surface area (Å²) in [5.41, 5.74) is 5.13. The van der Waals surface area contributed by atoms with Gasteiger partial charge < -0.3 is 0 Å². The number of aryl methyl sites for hydroxylation is 1. The van der Waals surface area contributed by atoms with E-state index in [1.807, 2.05) is 0 Å². The molecule has 0 aliphatic heterocycles. The normalized spacial score (nSPS) is 18.7. The lowest BCUT2D eigenvalue weighted by molar-refractivity contribution is 0.312. The summed E-state index contributed by atoms with van der Waals surface area (Å²) in [7, 11) is 0. The van der Waals surface area contributed by atoms with Crippen molar-refractivity contribution in [3.8, 4) is 11.8 Å². The molecule has 29 heavy (non-hydrogen) atoms. The zero-order chi connectivity index (χ0) is 20.3. The van der Waals surface area contributed by atoms with Crippen molar-refractivity contribution < 1.29 is 0 Å². The quantitative estimate of drug-likeness (QED) is 0.245. The van der Waals surface area contributed by atoms with Crippen LogP contribution in [0, 0.1) is 17.8 Å². The van der Waals surface area contributed by atoms with Crippen LogP contribution in [-0.4, -0.2) is 0 Å². The molecule has 0 aromatic heterocycles. The van der Waals surface area contributed by atoms with E-state index in [2.05, 4.69) is 80.0 Å². The van der Waals surface area contributed by atoms with Crippen LogP contribution in [0.3, 0.4) is 0 Å². The Morgan fingerprint density at radius 2 is 1.48 bits per heavy atom. The Morgan fingerprint density at radius 1 is 0.862 bits per heavy atom. The van der Waals surface area contributed by atoms with Gasteiger partial charge >= 0.3 is 0 Å². The van der Waals surface area contributed by atoms with Gasteiger partial charge in [0.05, 0.1) is 0 Å². The Bertz CT molecular complexity index is 790. The fourth-order valence-electron chi connectivity index (χ4n) is 4.45. The maximum atomic E-state index is 3.86. The van der Waals surface area contributed by atoms with Gasteiger partial charge in [0.25, 0.3) is 0 Å². The molecule has 1 aliphatic carbocycles. The van der Waals surface area contributed by atoms with Gasteiger partial charge in [0.1, 0.15) is 0 Å².